The summed E-state index contributed by atoms with van der Waals surface area (Å²) in [5.74, 6) is -2.68. The Labute approximate surface area is 202 Å². The standard InChI is InChI=1S/C25H17ClF3NO5/c1-35-17-9-10-19(26)18(12-17)22(32)20-21(13-5-7-16(31)8-6-13)30(24(34)23(20)33)15-4-2-3-14(11-15)25(27,28)29/h2-12,21,31-32H,1H3/b22-20+. The van der Waals surface area contributed by atoms with Gasteiger partial charge in [-0.3, -0.25) is 14.5 Å². The van der Waals surface area contributed by atoms with Gasteiger partial charge in [-0.05, 0) is 54.1 Å². The van der Waals surface area contributed by atoms with Gasteiger partial charge in [0.1, 0.15) is 17.3 Å². The quantitative estimate of drug-likeness (QED) is 0.271. The van der Waals surface area contributed by atoms with Crippen LogP contribution in [-0.4, -0.2) is 29.0 Å². The molecule has 0 radical (unpaired) electrons. The smallest absolute Gasteiger partial charge is 0.416 e. The lowest BCUT2D eigenvalue weighted by molar-refractivity contribution is -0.137. The number of nitrogens with zero attached hydrogens (tertiary/aromatic N) is 1. The first kappa shape index (κ1) is 24.2. The third-order valence-electron chi connectivity index (χ3n) is 5.53. The number of phenolic OH excluding ortho intramolecular Hbond substituents is 1. The number of hydrogen-bond acceptors (Lipinski definition) is 5. The fourth-order valence-electron chi connectivity index (χ4n) is 3.86. The van der Waals surface area contributed by atoms with E-state index < -0.39 is 35.2 Å². The third kappa shape index (κ3) is 4.42. The number of phenols is 1. The highest BCUT2D eigenvalue weighted by Crippen LogP contribution is 2.44. The summed E-state index contributed by atoms with van der Waals surface area (Å²) in [5, 5.41) is 20.9. The van der Waals surface area contributed by atoms with Crippen molar-refractivity contribution in [3.8, 4) is 11.5 Å². The van der Waals surface area contributed by atoms with Crippen molar-refractivity contribution in [2.24, 2.45) is 0 Å². The fraction of sp³-hybridized carbons (Fsp3) is 0.120. The van der Waals surface area contributed by atoms with Gasteiger partial charge >= 0.3 is 6.18 Å². The number of ketones is 1. The molecule has 0 bridgehead atoms. The molecule has 1 aliphatic heterocycles. The Morgan fingerprint density at radius 2 is 1.71 bits per heavy atom. The van der Waals surface area contributed by atoms with E-state index in [1.54, 1.807) is 0 Å². The average molecular weight is 504 g/mol. The number of ether oxygens (including phenoxy) is 1. The largest absolute Gasteiger partial charge is 0.508 e. The highest BCUT2D eigenvalue weighted by molar-refractivity contribution is 6.52. The Balaban J connectivity index is 1.97. The molecule has 1 heterocycles. The minimum atomic E-state index is -4.69. The lowest BCUT2D eigenvalue weighted by Crippen LogP contribution is -2.29. The molecule has 3 aromatic carbocycles. The zero-order valence-corrected chi connectivity index (χ0v) is 18.8. The number of anilines is 1. The highest BCUT2D eigenvalue weighted by Gasteiger charge is 2.47. The predicted molar refractivity (Wildman–Crippen MR) is 122 cm³/mol. The number of carbonyl (C=O) groups is 2. The summed E-state index contributed by atoms with van der Waals surface area (Å²) in [7, 11) is 1.38. The van der Waals surface area contributed by atoms with Crippen LogP contribution in [0.2, 0.25) is 5.02 Å². The van der Waals surface area contributed by atoms with Crippen molar-refractivity contribution in [2.45, 2.75) is 12.2 Å². The molecule has 1 saturated heterocycles. The first-order chi connectivity index (χ1) is 16.5. The summed E-state index contributed by atoms with van der Waals surface area (Å²) in [4.78, 5) is 27.1. The second-order valence-corrected chi connectivity index (χ2v) is 8.06. The van der Waals surface area contributed by atoms with Gasteiger partial charge in [0.15, 0.2) is 0 Å². The number of aliphatic hydroxyl groups is 1. The Morgan fingerprint density at radius 1 is 1.03 bits per heavy atom. The molecule has 4 rings (SSSR count). The molecular formula is C25H17ClF3NO5. The van der Waals surface area contributed by atoms with Crippen LogP contribution in [0.1, 0.15) is 22.7 Å². The summed E-state index contributed by atoms with van der Waals surface area (Å²) in [6.07, 6.45) is -4.69. The molecule has 1 atom stereocenters. The van der Waals surface area contributed by atoms with Gasteiger partial charge in [0.2, 0.25) is 0 Å². The molecule has 1 amide bonds. The normalized spacial score (nSPS) is 17.6. The maximum absolute atomic E-state index is 13.4. The summed E-state index contributed by atoms with van der Waals surface area (Å²) in [6, 6.07) is 12.3. The zero-order valence-electron chi connectivity index (χ0n) is 18.0. The number of aliphatic hydroxyl groups excluding tert-OH is 1. The van der Waals surface area contributed by atoms with Crippen molar-refractivity contribution in [1.82, 2.24) is 0 Å². The van der Waals surface area contributed by atoms with Crippen molar-refractivity contribution in [2.75, 3.05) is 12.0 Å². The lowest BCUT2D eigenvalue weighted by atomic mass is 9.95. The van der Waals surface area contributed by atoms with Gasteiger partial charge in [-0.1, -0.05) is 29.8 Å². The van der Waals surface area contributed by atoms with Crippen LogP contribution in [0, 0.1) is 0 Å². The van der Waals surface area contributed by atoms with Crippen molar-refractivity contribution in [3.05, 3.63) is 94.0 Å². The number of rotatable bonds is 4. The van der Waals surface area contributed by atoms with Crippen molar-refractivity contribution >= 4 is 34.7 Å². The van der Waals surface area contributed by atoms with Gasteiger partial charge in [-0.15, -0.1) is 0 Å². The van der Waals surface area contributed by atoms with Crippen LogP contribution in [0.15, 0.2) is 72.3 Å². The molecule has 3 aromatic rings. The Hall–Kier alpha value is -3.98. The molecule has 1 aliphatic rings. The average Bonchev–Trinajstić information content (AvgIpc) is 3.09. The SMILES string of the molecule is COc1ccc(Cl)c(/C(O)=C2\C(=O)C(=O)N(c3cccc(C(F)(F)F)c3)C2c2ccc(O)cc2)c1. The lowest BCUT2D eigenvalue weighted by Gasteiger charge is -2.26. The molecule has 0 aliphatic carbocycles. The Kier molecular flexibility index (Phi) is 6.21. The van der Waals surface area contributed by atoms with Crippen molar-refractivity contribution in [1.29, 1.82) is 0 Å². The number of methoxy groups -OCH3 is 1. The zero-order chi connectivity index (χ0) is 25.5. The van der Waals surface area contributed by atoms with Crippen LogP contribution >= 0.6 is 11.6 Å². The second kappa shape index (κ2) is 8.99. The van der Waals surface area contributed by atoms with Crippen LogP contribution in [0.5, 0.6) is 11.5 Å². The third-order valence-corrected chi connectivity index (χ3v) is 5.86. The van der Waals surface area contributed by atoms with Gasteiger partial charge in [0.05, 0.1) is 29.3 Å². The Morgan fingerprint density at radius 3 is 2.34 bits per heavy atom. The molecule has 0 saturated carbocycles. The number of alkyl halides is 3. The van der Waals surface area contributed by atoms with E-state index in [4.69, 9.17) is 16.3 Å². The number of hydrogen-bond donors (Lipinski definition) is 2. The van der Waals surface area contributed by atoms with E-state index in [9.17, 15) is 33.0 Å². The van der Waals surface area contributed by atoms with Gasteiger partial charge < -0.3 is 14.9 Å². The molecule has 2 N–H and O–H groups in total. The second-order valence-electron chi connectivity index (χ2n) is 7.65. The van der Waals surface area contributed by atoms with Crippen LogP contribution < -0.4 is 9.64 Å². The summed E-state index contributed by atoms with van der Waals surface area (Å²) >= 11 is 6.23. The van der Waals surface area contributed by atoms with E-state index in [1.165, 1.54) is 55.6 Å². The highest BCUT2D eigenvalue weighted by atomic mass is 35.5. The molecule has 1 unspecified atom stereocenters. The molecule has 180 valence electrons. The number of Topliss-reactive ketones (excluding diaryl/α,β-unsaturated/α-hetero) is 1. The van der Waals surface area contributed by atoms with Crippen LogP contribution in [0.25, 0.3) is 5.76 Å². The van der Waals surface area contributed by atoms with E-state index >= 15 is 0 Å². The van der Waals surface area contributed by atoms with E-state index in [0.29, 0.717) is 5.75 Å². The number of aromatic hydroxyl groups is 1. The Bertz CT molecular complexity index is 1350. The minimum Gasteiger partial charge on any atom is -0.508 e. The molecular weight excluding hydrogens is 487 g/mol. The molecule has 0 aromatic heterocycles. The summed E-state index contributed by atoms with van der Waals surface area (Å²) in [5.41, 5.74) is -1.34. The van der Waals surface area contributed by atoms with Crippen molar-refractivity contribution < 1.29 is 37.7 Å². The number of benzene rings is 3. The van der Waals surface area contributed by atoms with Gasteiger partial charge in [0.25, 0.3) is 11.7 Å². The first-order valence-electron chi connectivity index (χ1n) is 10.1. The molecule has 35 heavy (non-hydrogen) atoms. The molecule has 0 spiro atoms. The predicted octanol–water partition coefficient (Wildman–Crippen LogP) is 5.70. The van der Waals surface area contributed by atoms with Gasteiger partial charge in [-0.2, -0.15) is 13.2 Å². The summed E-state index contributed by atoms with van der Waals surface area (Å²) < 4.78 is 45.2. The minimum absolute atomic E-state index is 0.00293. The monoisotopic (exact) mass is 503 g/mol. The van der Waals surface area contributed by atoms with E-state index in [-0.39, 0.29) is 33.2 Å². The van der Waals surface area contributed by atoms with E-state index in [2.05, 4.69) is 0 Å². The first-order valence-corrected chi connectivity index (χ1v) is 10.5. The molecule has 6 nitrogen and oxygen atoms in total. The van der Waals surface area contributed by atoms with Crippen LogP contribution in [0.4, 0.5) is 18.9 Å². The van der Waals surface area contributed by atoms with E-state index in [0.717, 1.165) is 23.1 Å². The van der Waals surface area contributed by atoms with Gasteiger partial charge in [-0.25, -0.2) is 0 Å². The number of carbonyl (C=O) groups excluding carboxylic acids is 2. The topological polar surface area (TPSA) is 87.1 Å². The summed E-state index contributed by atoms with van der Waals surface area (Å²) in [6.45, 7) is 0. The van der Waals surface area contributed by atoms with Crippen LogP contribution in [0.3, 0.4) is 0 Å². The van der Waals surface area contributed by atoms with Gasteiger partial charge in [0, 0.05) is 11.3 Å². The fourth-order valence-corrected chi connectivity index (χ4v) is 4.07. The van der Waals surface area contributed by atoms with Crippen LogP contribution in [-0.2, 0) is 15.8 Å². The number of halogens is 4. The maximum Gasteiger partial charge on any atom is 0.416 e. The maximum atomic E-state index is 13.4. The van der Waals surface area contributed by atoms with E-state index in [1.807, 2.05) is 0 Å². The number of amides is 1. The van der Waals surface area contributed by atoms with Crippen molar-refractivity contribution in [3.63, 3.8) is 0 Å². The molecule has 10 heteroatoms. The molecule has 1 fully saturated rings.